The molecule has 0 bridgehead atoms. The van der Waals surface area contributed by atoms with Crippen molar-refractivity contribution in [2.24, 2.45) is 0 Å². The molecule has 0 atom stereocenters. The molecule has 0 spiro atoms. The van der Waals surface area contributed by atoms with Gasteiger partial charge in [0.05, 0.1) is 0 Å². The molecule has 0 aromatic heterocycles. The second-order valence-corrected chi connectivity index (χ2v) is 3.22. The summed E-state index contributed by atoms with van der Waals surface area (Å²) in [7, 11) is 0. The smallest absolute Gasteiger partial charge is 0.193 e. The van der Waals surface area contributed by atoms with Crippen LogP contribution in [0.4, 0.5) is 0 Å². The number of carbonyl (C=O) groups excluding carboxylic acids is 1. The van der Waals surface area contributed by atoms with Crippen molar-refractivity contribution in [3.63, 3.8) is 0 Å². The first kappa shape index (κ1) is 7.99. The third kappa shape index (κ3) is 1.13. The van der Waals surface area contributed by atoms with E-state index in [1.807, 2.05) is 31.2 Å². The minimum Gasteiger partial charge on any atom is -0.289 e. The molecule has 0 unspecified atom stereocenters. The van der Waals surface area contributed by atoms with Crippen LogP contribution in [-0.4, -0.2) is 5.78 Å². The number of hydrogen-bond donors (Lipinski definition) is 0. The van der Waals surface area contributed by atoms with Gasteiger partial charge in [0.2, 0.25) is 0 Å². The number of benzene rings is 1. The minimum atomic E-state index is 0.0428. The summed E-state index contributed by atoms with van der Waals surface area (Å²) in [5, 5.41) is 0. The maximum Gasteiger partial charge on any atom is 0.193 e. The van der Waals surface area contributed by atoms with Crippen LogP contribution in [0.25, 0.3) is 6.08 Å². The lowest BCUT2D eigenvalue weighted by Gasteiger charge is -2.12. The topological polar surface area (TPSA) is 17.1 Å². The minimum absolute atomic E-state index is 0.0428. The average Bonchev–Trinajstić information content (AvgIpc) is 2.12. The summed E-state index contributed by atoms with van der Waals surface area (Å²) in [5.74, 6) is 0.0428. The number of carbonyl (C=O) groups is 1. The van der Waals surface area contributed by atoms with E-state index >= 15 is 0 Å². The summed E-state index contributed by atoms with van der Waals surface area (Å²) in [5.41, 5.74) is 3.50. The largest absolute Gasteiger partial charge is 0.289 e. The van der Waals surface area contributed by atoms with Gasteiger partial charge in [0.25, 0.3) is 0 Å². The first-order chi connectivity index (χ1) is 6.20. The van der Waals surface area contributed by atoms with Crippen molar-refractivity contribution >= 4 is 11.9 Å². The average molecular weight is 170 g/mol. The number of Topliss-reactive ketones (excluding diaryl/α,β-unsaturated/α-hetero) is 1. The van der Waals surface area contributed by atoms with Gasteiger partial charge >= 0.3 is 0 Å². The van der Waals surface area contributed by atoms with Gasteiger partial charge < -0.3 is 0 Å². The molecule has 0 saturated carbocycles. The molecule has 0 aliphatic heterocycles. The molecule has 13 heavy (non-hydrogen) atoms. The Bertz CT molecular complexity index is 425. The first-order valence-corrected chi connectivity index (χ1v) is 4.21. The number of ketones is 1. The van der Waals surface area contributed by atoms with Gasteiger partial charge in [-0.1, -0.05) is 36.9 Å². The Morgan fingerprint density at radius 2 is 2.00 bits per heavy atom. The second-order valence-electron chi connectivity index (χ2n) is 3.22. The summed E-state index contributed by atoms with van der Waals surface area (Å²) < 4.78 is 0. The lowest BCUT2D eigenvalue weighted by atomic mass is 9.91. The third-order valence-electron chi connectivity index (χ3n) is 2.31. The monoisotopic (exact) mass is 170 g/mol. The molecule has 0 N–H and O–H groups in total. The lowest BCUT2D eigenvalue weighted by molar-refractivity contribution is 0.103. The summed E-state index contributed by atoms with van der Waals surface area (Å²) in [6.45, 7) is 5.69. The molecule has 0 heterocycles. The van der Waals surface area contributed by atoms with Crippen LogP contribution in [0, 0.1) is 6.92 Å². The van der Waals surface area contributed by atoms with Crippen molar-refractivity contribution < 1.29 is 4.79 Å². The molecule has 1 nitrogen and oxygen atoms in total. The second kappa shape index (κ2) is 2.70. The van der Waals surface area contributed by atoms with Gasteiger partial charge in [0.15, 0.2) is 5.78 Å². The Hall–Kier alpha value is -1.63. The fourth-order valence-electron chi connectivity index (χ4n) is 1.53. The van der Waals surface area contributed by atoms with E-state index in [0.717, 1.165) is 16.7 Å². The predicted octanol–water partition coefficient (Wildman–Crippen LogP) is 2.76. The van der Waals surface area contributed by atoms with Crippen molar-refractivity contribution in [3.8, 4) is 0 Å². The Morgan fingerprint density at radius 1 is 1.23 bits per heavy atom. The summed E-state index contributed by atoms with van der Waals surface area (Å²) in [6.07, 6.45) is 3.73. The van der Waals surface area contributed by atoms with E-state index in [4.69, 9.17) is 0 Å². The van der Waals surface area contributed by atoms with Crippen molar-refractivity contribution in [2.45, 2.75) is 6.92 Å². The molecule has 0 fully saturated rings. The van der Waals surface area contributed by atoms with Crippen molar-refractivity contribution in [1.29, 1.82) is 0 Å². The normalized spacial score (nSPS) is 14.5. The first-order valence-electron chi connectivity index (χ1n) is 4.21. The molecular formula is C12H10O. The van der Waals surface area contributed by atoms with Crippen LogP contribution in [0.2, 0.25) is 0 Å². The fourth-order valence-corrected chi connectivity index (χ4v) is 1.53. The van der Waals surface area contributed by atoms with Crippen LogP contribution < -0.4 is 0 Å². The van der Waals surface area contributed by atoms with Gasteiger partial charge in [-0.25, -0.2) is 0 Å². The molecular weight excluding hydrogens is 160 g/mol. The van der Waals surface area contributed by atoms with E-state index in [1.54, 1.807) is 6.08 Å². The summed E-state index contributed by atoms with van der Waals surface area (Å²) in [4.78, 5) is 11.6. The number of allylic oxidation sites excluding steroid dienone is 2. The predicted molar refractivity (Wildman–Crippen MR) is 53.7 cm³/mol. The maximum atomic E-state index is 11.6. The highest BCUT2D eigenvalue weighted by molar-refractivity contribution is 6.15. The van der Waals surface area contributed by atoms with Crippen LogP contribution in [-0.2, 0) is 0 Å². The van der Waals surface area contributed by atoms with E-state index in [1.165, 1.54) is 0 Å². The third-order valence-corrected chi connectivity index (χ3v) is 2.31. The Labute approximate surface area is 77.4 Å². The zero-order valence-corrected chi connectivity index (χ0v) is 7.50. The van der Waals surface area contributed by atoms with E-state index < -0.39 is 0 Å². The highest BCUT2D eigenvalue weighted by Crippen LogP contribution is 2.23. The van der Waals surface area contributed by atoms with Crippen LogP contribution in [0.1, 0.15) is 21.5 Å². The summed E-state index contributed by atoms with van der Waals surface area (Å²) in [6, 6.07) is 5.75. The van der Waals surface area contributed by atoms with Crippen LogP contribution in [0.3, 0.4) is 0 Å². The number of fused-ring (bicyclic) bond motifs is 1. The van der Waals surface area contributed by atoms with Gasteiger partial charge in [-0.2, -0.15) is 0 Å². The van der Waals surface area contributed by atoms with Gasteiger partial charge in [0.1, 0.15) is 0 Å². The molecule has 2 rings (SSSR count). The molecule has 0 saturated heterocycles. The quantitative estimate of drug-likeness (QED) is 0.547. The SMILES string of the molecule is C=C1C=Cc2c(C)cccc2C1=O. The molecule has 1 aliphatic carbocycles. The zero-order valence-electron chi connectivity index (χ0n) is 7.50. The maximum absolute atomic E-state index is 11.6. The fraction of sp³-hybridized carbons (Fsp3) is 0.0833. The van der Waals surface area contributed by atoms with Crippen molar-refractivity contribution in [2.75, 3.05) is 0 Å². The van der Waals surface area contributed by atoms with Crippen LogP contribution in [0.5, 0.6) is 0 Å². The molecule has 0 radical (unpaired) electrons. The van der Waals surface area contributed by atoms with Crippen molar-refractivity contribution in [1.82, 2.24) is 0 Å². The standard InChI is InChI=1S/C12H10O/c1-8-4-3-5-11-10(8)7-6-9(2)12(11)13/h3-7H,2H2,1H3. The van der Waals surface area contributed by atoms with Crippen LogP contribution in [0.15, 0.2) is 36.4 Å². The van der Waals surface area contributed by atoms with Gasteiger partial charge in [0, 0.05) is 11.1 Å². The van der Waals surface area contributed by atoms with Crippen molar-refractivity contribution in [3.05, 3.63) is 53.1 Å². The Kier molecular flexibility index (Phi) is 1.66. The zero-order chi connectivity index (χ0) is 9.42. The van der Waals surface area contributed by atoms with E-state index in [-0.39, 0.29) is 5.78 Å². The number of aryl methyl sites for hydroxylation is 1. The van der Waals surface area contributed by atoms with Gasteiger partial charge in [-0.05, 0) is 18.1 Å². The Morgan fingerprint density at radius 3 is 2.77 bits per heavy atom. The van der Waals surface area contributed by atoms with Gasteiger partial charge in [-0.15, -0.1) is 0 Å². The highest BCUT2D eigenvalue weighted by atomic mass is 16.1. The molecule has 1 aromatic carbocycles. The lowest BCUT2D eigenvalue weighted by Crippen LogP contribution is -2.07. The van der Waals surface area contributed by atoms with E-state index in [9.17, 15) is 4.79 Å². The van der Waals surface area contributed by atoms with Gasteiger partial charge in [-0.3, -0.25) is 4.79 Å². The molecule has 64 valence electrons. The van der Waals surface area contributed by atoms with E-state index in [2.05, 4.69) is 6.58 Å². The molecule has 1 aliphatic rings. The summed E-state index contributed by atoms with van der Waals surface area (Å²) >= 11 is 0. The Balaban J connectivity index is 2.72. The van der Waals surface area contributed by atoms with Crippen LogP contribution >= 0.6 is 0 Å². The van der Waals surface area contributed by atoms with E-state index in [0.29, 0.717) is 5.57 Å². The molecule has 1 heteroatoms. The number of hydrogen-bond acceptors (Lipinski definition) is 1. The number of rotatable bonds is 0. The highest BCUT2D eigenvalue weighted by Gasteiger charge is 2.16. The molecule has 0 amide bonds. The molecule has 1 aromatic rings.